The Morgan fingerprint density at radius 3 is 2.96 bits per heavy atom. The smallest absolute Gasteiger partial charge is 0.315 e. The molecule has 2 aromatic heterocycles. The first-order valence-corrected chi connectivity index (χ1v) is 8.77. The van der Waals surface area contributed by atoms with Crippen molar-refractivity contribution in [3.8, 4) is 0 Å². The van der Waals surface area contributed by atoms with Gasteiger partial charge in [-0.15, -0.1) is 0 Å². The standard InChI is InChI=1S/C18H24N4O3/c1-3-9-22-16(6-8-19-22)20-17(23)18(24)21-10-7-13(2)12-14(21)15-5-4-11-25-15/h4-6,8,11,13-14H,3,7,9-10,12H2,1-2H3,(H,20,23)/t13-,14+/m1/s1. The number of hydrogen-bond acceptors (Lipinski definition) is 4. The molecule has 1 aliphatic rings. The highest BCUT2D eigenvalue weighted by molar-refractivity contribution is 6.39. The second kappa shape index (κ2) is 7.55. The van der Waals surface area contributed by atoms with Gasteiger partial charge in [-0.25, -0.2) is 4.68 Å². The minimum absolute atomic E-state index is 0.197. The first-order valence-electron chi connectivity index (χ1n) is 8.77. The third-order valence-electron chi connectivity index (χ3n) is 4.58. The summed E-state index contributed by atoms with van der Waals surface area (Å²) in [5.41, 5.74) is 0. The molecule has 1 fully saturated rings. The van der Waals surface area contributed by atoms with E-state index in [1.165, 1.54) is 0 Å². The van der Waals surface area contributed by atoms with Crippen molar-refractivity contribution < 1.29 is 14.0 Å². The lowest BCUT2D eigenvalue weighted by Gasteiger charge is -2.36. The zero-order chi connectivity index (χ0) is 17.8. The summed E-state index contributed by atoms with van der Waals surface area (Å²) in [5, 5.41) is 6.85. The lowest BCUT2D eigenvalue weighted by atomic mass is 9.91. The topological polar surface area (TPSA) is 80.4 Å². The first-order chi connectivity index (χ1) is 12.1. The first kappa shape index (κ1) is 17.3. The Morgan fingerprint density at radius 2 is 2.24 bits per heavy atom. The van der Waals surface area contributed by atoms with Crippen molar-refractivity contribution in [1.82, 2.24) is 14.7 Å². The minimum Gasteiger partial charge on any atom is -0.467 e. The highest BCUT2D eigenvalue weighted by Crippen LogP contribution is 2.34. The Hall–Kier alpha value is -2.57. The van der Waals surface area contributed by atoms with Crippen LogP contribution < -0.4 is 5.32 Å². The summed E-state index contributed by atoms with van der Waals surface area (Å²) in [6.45, 7) is 5.42. The lowest BCUT2D eigenvalue weighted by Crippen LogP contribution is -2.45. The van der Waals surface area contributed by atoms with Crippen LogP contribution in [-0.4, -0.2) is 33.0 Å². The summed E-state index contributed by atoms with van der Waals surface area (Å²) in [6.07, 6.45) is 5.78. The maximum atomic E-state index is 12.7. The quantitative estimate of drug-likeness (QED) is 0.865. The predicted octanol–water partition coefficient (Wildman–Crippen LogP) is 2.82. The molecular formula is C18H24N4O3. The van der Waals surface area contributed by atoms with Crippen LogP contribution in [0, 0.1) is 5.92 Å². The Bertz CT molecular complexity index is 723. The van der Waals surface area contributed by atoms with E-state index in [9.17, 15) is 9.59 Å². The summed E-state index contributed by atoms with van der Waals surface area (Å²) in [7, 11) is 0. The van der Waals surface area contributed by atoms with Gasteiger partial charge >= 0.3 is 11.8 Å². The molecule has 2 aromatic rings. The van der Waals surface area contributed by atoms with E-state index < -0.39 is 11.8 Å². The molecule has 2 amide bonds. The number of carbonyl (C=O) groups excluding carboxylic acids is 2. The zero-order valence-corrected chi connectivity index (χ0v) is 14.6. The fourth-order valence-corrected chi connectivity index (χ4v) is 3.26. The van der Waals surface area contributed by atoms with E-state index in [4.69, 9.17) is 4.42 Å². The predicted molar refractivity (Wildman–Crippen MR) is 92.7 cm³/mol. The summed E-state index contributed by atoms with van der Waals surface area (Å²) < 4.78 is 7.19. The summed E-state index contributed by atoms with van der Waals surface area (Å²) in [6, 6.07) is 5.17. The van der Waals surface area contributed by atoms with Gasteiger partial charge in [-0.2, -0.15) is 5.10 Å². The Labute approximate surface area is 147 Å². The van der Waals surface area contributed by atoms with Gasteiger partial charge in [0.05, 0.1) is 18.5 Å². The van der Waals surface area contributed by atoms with E-state index in [0.29, 0.717) is 24.8 Å². The largest absolute Gasteiger partial charge is 0.467 e. The monoisotopic (exact) mass is 344 g/mol. The molecule has 1 saturated heterocycles. The fourth-order valence-electron chi connectivity index (χ4n) is 3.26. The average Bonchev–Trinajstić information content (AvgIpc) is 3.27. The van der Waals surface area contributed by atoms with Crippen molar-refractivity contribution in [1.29, 1.82) is 0 Å². The second-order valence-corrected chi connectivity index (χ2v) is 6.55. The zero-order valence-electron chi connectivity index (χ0n) is 14.6. The van der Waals surface area contributed by atoms with Gasteiger partial charge in [0.2, 0.25) is 0 Å². The molecule has 3 heterocycles. The second-order valence-electron chi connectivity index (χ2n) is 6.55. The Kier molecular flexibility index (Phi) is 5.21. The number of furan rings is 1. The van der Waals surface area contributed by atoms with Gasteiger partial charge in [0, 0.05) is 19.2 Å². The number of anilines is 1. The van der Waals surface area contributed by atoms with Crippen LogP contribution in [0.3, 0.4) is 0 Å². The normalized spacial score (nSPS) is 20.5. The fraction of sp³-hybridized carbons (Fsp3) is 0.500. The highest BCUT2D eigenvalue weighted by atomic mass is 16.3. The van der Waals surface area contributed by atoms with Crippen LogP contribution in [0.15, 0.2) is 35.1 Å². The molecule has 3 rings (SSSR count). The number of aromatic nitrogens is 2. The van der Waals surface area contributed by atoms with E-state index in [1.54, 1.807) is 34.2 Å². The van der Waals surface area contributed by atoms with Crippen LogP contribution in [-0.2, 0) is 16.1 Å². The number of nitrogens with one attached hydrogen (secondary N) is 1. The molecule has 0 spiro atoms. The minimum atomic E-state index is -0.635. The number of aryl methyl sites for hydroxylation is 1. The van der Waals surface area contributed by atoms with Crippen LogP contribution in [0.2, 0.25) is 0 Å². The summed E-state index contributed by atoms with van der Waals surface area (Å²) in [4.78, 5) is 26.9. The molecule has 0 aromatic carbocycles. The molecule has 0 bridgehead atoms. The van der Waals surface area contributed by atoms with Gasteiger partial charge < -0.3 is 14.6 Å². The van der Waals surface area contributed by atoms with E-state index in [2.05, 4.69) is 17.3 Å². The van der Waals surface area contributed by atoms with Gasteiger partial charge in [-0.05, 0) is 37.3 Å². The van der Waals surface area contributed by atoms with Crippen molar-refractivity contribution in [3.05, 3.63) is 36.4 Å². The molecule has 1 N–H and O–H groups in total. The molecule has 0 aliphatic carbocycles. The van der Waals surface area contributed by atoms with Gasteiger partial charge in [0.1, 0.15) is 11.6 Å². The van der Waals surface area contributed by atoms with Crippen molar-refractivity contribution in [2.45, 2.75) is 45.7 Å². The van der Waals surface area contributed by atoms with E-state index in [1.807, 2.05) is 13.0 Å². The molecule has 7 heteroatoms. The van der Waals surface area contributed by atoms with Crippen molar-refractivity contribution in [2.24, 2.45) is 5.92 Å². The van der Waals surface area contributed by atoms with E-state index in [0.717, 1.165) is 25.0 Å². The van der Waals surface area contributed by atoms with Gasteiger partial charge in [0.25, 0.3) is 0 Å². The number of hydrogen-bond donors (Lipinski definition) is 1. The number of nitrogens with zero attached hydrogens (tertiary/aromatic N) is 3. The van der Waals surface area contributed by atoms with E-state index in [-0.39, 0.29) is 6.04 Å². The molecule has 25 heavy (non-hydrogen) atoms. The average molecular weight is 344 g/mol. The third-order valence-corrected chi connectivity index (χ3v) is 4.58. The highest BCUT2D eigenvalue weighted by Gasteiger charge is 2.35. The number of amides is 2. The lowest BCUT2D eigenvalue weighted by molar-refractivity contribution is -0.146. The van der Waals surface area contributed by atoms with Crippen LogP contribution in [0.4, 0.5) is 5.82 Å². The Balaban J connectivity index is 1.73. The van der Waals surface area contributed by atoms with Crippen molar-refractivity contribution in [3.63, 3.8) is 0 Å². The summed E-state index contributed by atoms with van der Waals surface area (Å²) in [5.74, 6) is 0.582. The number of piperidine rings is 1. The number of rotatable bonds is 4. The molecule has 134 valence electrons. The molecule has 7 nitrogen and oxygen atoms in total. The van der Waals surface area contributed by atoms with Gasteiger partial charge in [-0.3, -0.25) is 9.59 Å². The number of likely N-dealkylation sites (tertiary alicyclic amines) is 1. The third kappa shape index (κ3) is 3.75. The molecule has 1 aliphatic heterocycles. The molecule has 2 atom stereocenters. The SMILES string of the molecule is CCCn1nccc1NC(=O)C(=O)N1CC[C@@H](C)C[C@H]1c1ccco1. The van der Waals surface area contributed by atoms with Crippen LogP contribution in [0.5, 0.6) is 0 Å². The molecule has 0 saturated carbocycles. The maximum Gasteiger partial charge on any atom is 0.315 e. The molecule has 0 unspecified atom stereocenters. The molecule has 0 radical (unpaired) electrons. The maximum absolute atomic E-state index is 12.7. The summed E-state index contributed by atoms with van der Waals surface area (Å²) >= 11 is 0. The van der Waals surface area contributed by atoms with Crippen LogP contribution >= 0.6 is 0 Å². The van der Waals surface area contributed by atoms with E-state index >= 15 is 0 Å². The van der Waals surface area contributed by atoms with Crippen LogP contribution in [0.25, 0.3) is 0 Å². The van der Waals surface area contributed by atoms with Gasteiger partial charge in [-0.1, -0.05) is 13.8 Å². The number of carbonyl (C=O) groups is 2. The molecular weight excluding hydrogens is 320 g/mol. The Morgan fingerprint density at radius 1 is 1.40 bits per heavy atom. The van der Waals surface area contributed by atoms with Crippen LogP contribution in [0.1, 0.15) is 44.9 Å². The van der Waals surface area contributed by atoms with Crippen molar-refractivity contribution in [2.75, 3.05) is 11.9 Å². The van der Waals surface area contributed by atoms with Gasteiger partial charge in [0.15, 0.2) is 0 Å². The van der Waals surface area contributed by atoms with Crippen molar-refractivity contribution >= 4 is 17.6 Å².